The van der Waals surface area contributed by atoms with E-state index in [-0.39, 0.29) is 22.6 Å². The second-order valence-corrected chi connectivity index (χ2v) is 11.5. The van der Waals surface area contributed by atoms with Crippen molar-refractivity contribution in [3.05, 3.63) is 65.0 Å². The van der Waals surface area contributed by atoms with Crippen LogP contribution in [-0.4, -0.2) is 25.1 Å². The number of nitrogens with two attached hydrogens (primary N) is 1. The molecule has 1 saturated carbocycles. The number of aliphatic hydroxyl groups excluding tert-OH is 1. The number of carbonyl (C=O) groups is 1. The Labute approximate surface area is 202 Å². The predicted octanol–water partition coefficient (Wildman–Crippen LogP) is 5.14. The molecule has 1 aliphatic heterocycles. The van der Waals surface area contributed by atoms with Crippen molar-refractivity contribution >= 4 is 16.0 Å². The van der Waals surface area contributed by atoms with Gasteiger partial charge < -0.3 is 9.84 Å². The van der Waals surface area contributed by atoms with E-state index in [1.165, 1.54) is 6.07 Å². The van der Waals surface area contributed by atoms with E-state index in [2.05, 4.69) is 0 Å². The number of carbonyl (C=O) groups excluding carboxylic acids is 1. The first-order valence-electron chi connectivity index (χ1n) is 12.3. The summed E-state index contributed by atoms with van der Waals surface area (Å²) >= 11 is 0. The lowest BCUT2D eigenvalue weighted by atomic mass is 9.66. The third-order valence-corrected chi connectivity index (χ3v) is 8.24. The first-order chi connectivity index (χ1) is 16.2. The van der Waals surface area contributed by atoms with E-state index < -0.39 is 27.0 Å². The summed E-state index contributed by atoms with van der Waals surface area (Å²) in [4.78, 5) is 13.7. The fraction of sp³-hybridized carbons (Fsp3) is 0.519. The van der Waals surface area contributed by atoms with Crippen molar-refractivity contribution in [3.63, 3.8) is 0 Å². The highest BCUT2D eigenvalue weighted by atomic mass is 32.2. The number of aliphatic hydroxyl groups is 1. The SMILES string of the molecule is CCCC1(CCC)CC(O)=C(C2(c3c(CC4CC4)cccc3S(N)(=O)=O)C=CC=CC2)C(=O)O1. The van der Waals surface area contributed by atoms with Crippen LogP contribution in [0.15, 0.2) is 58.7 Å². The molecule has 0 aromatic heterocycles. The number of esters is 1. The summed E-state index contributed by atoms with van der Waals surface area (Å²) in [6, 6.07) is 5.12. The maximum absolute atomic E-state index is 13.7. The number of cyclic esters (lactones) is 1. The Balaban J connectivity index is 1.96. The van der Waals surface area contributed by atoms with E-state index >= 15 is 0 Å². The van der Waals surface area contributed by atoms with Crippen molar-refractivity contribution in [2.24, 2.45) is 11.1 Å². The van der Waals surface area contributed by atoms with Crippen LogP contribution in [-0.2, 0) is 31.4 Å². The van der Waals surface area contributed by atoms with Crippen molar-refractivity contribution < 1.29 is 23.1 Å². The van der Waals surface area contributed by atoms with Crippen LogP contribution in [0.5, 0.6) is 0 Å². The van der Waals surface area contributed by atoms with E-state index in [1.807, 2.05) is 38.1 Å². The minimum Gasteiger partial charge on any atom is -0.512 e. The minimum absolute atomic E-state index is 0.00217. The smallest absolute Gasteiger partial charge is 0.339 e. The van der Waals surface area contributed by atoms with Crippen LogP contribution in [0.2, 0.25) is 0 Å². The van der Waals surface area contributed by atoms with Crippen molar-refractivity contribution in [2.45, 2.75) is 87.5 Å². The molecule has 1 aromatic carbocycles. The van der Waals surface area contributed by atoms with Gasteiger partial charge in [0.2, 0.25) is 10.0 Å². The van der Waals surface area contributed by atoms with E-state index in [0.717, 1.165) is 31.2 Å². The lowest BCUT2D eigenvalue weighted by Crippen LogP contribution is -2.45. The van der Waals surface area contributed by atoms with E-state index in [4.69, 9.17) is 9.88 Å². The Morgan fingerprint density at radius 1 is 1.15 bits per heavy atom. The summed E-state index contributed by atoms with van der Waals surface area (Å²) in [6.45, 7) is 4.06. The molecule has 2 aliphatic carbocycles. The van der Waals surface area contributed by atoms with Crippen LogP contribution in [0.3, 0.4) is 0 Å². The zero-order valence-electron chi connectivity index (χ0n) is 20.0. The summed E-state index contributed by atoms with van der Waals surface area (Å²) in [7, 11) is -4.09. The topological polar surface area (TPSA) is 107 Å². The van der Waals surface area contributed by atoms with E-state index in [1.54, 1.807) is 12.1 Å². The van der Waals surface area contributed by atoms with Crippen molar-refractivity contribution in [1.82, 2.24) is 0 Å². The summed E-state index contributed by atoms with van der Waals surface area (Å²) in [5.74, 6) is -0.107. The number of allylic oxidation sites excluding steroid dienone is 4. The molecule has 1 heterocycles. The average Bonchev–Trinajstić information content (AvgIpc) is 3.57. The van der Waals surface area contributed by atoms with Gasteiger partial charge in [0, 0.05) is 6.42 Å². The van der Waals surface area contributed by atoms with Gasteiger partial charge in [0.25, 0.3) is 0 Å². The molecule has 0 spiro atoms. The van der Waals surface area contributed by atoms with E-state index in [9.17, 15) is 18.3 Å². The van der Waals surface area contributed by atoms with Gasteiger partial charge in [-0.25, -0.2) is 18.4 Å². The van der Waals surface area contributed by atoms with E-state index in [0.29, 0.717) is 37.2 Å². The minimum atomic E-state index is -4.09. The fourth-order valence-corrected chi connectivity index (χ4v) is 6.66. The number of primary sulfonamides is 1. The zero-order valence-corrected chi connectivity index (χ0v) is 20.9. The molecule has 184 valence electrons. The second-order valence-electron chi connectivity index (χ2n) is 10.0. The Kier molecular flexibility index (Phi) is 6.80. The van der Waals surface area contributed by atoms with Gasteiger partial charge in [-0.15, -0.1) is 0 Å². The Hall–Kier alpha value is -2.38. The first kappa shape index (κ1) is 24.7. The third kappa shape index (κ3) is 4.60. The summed E-state index contributed by atoms with van der Waals surface area (Å²) in [6.07, 6.45) is 13.8. The van der Waals surface area contributed by atoms with Gasteiger partial charge in [0.15, 0.2) is 0 Å². The molecule has 4 rings (SSSR count). The van der Waals surface area contributed by atoms with Gasteiger partial charge in [0.1, 0.15) is 11.4 Å². The normalized spacial score (nSPS) is 24.4. The molecular weight excluding hydrogens is 450 g/mol. The Morgan fingerprint density at radius 2 is 1.85 bits per heavy atom. The lowest BCUT2D eigenvalue weighted by molar-refractivity contribution is -0.161. The highest BCUT2D eigenvalue weighted by Gasteiger charge is 2.50. The molecule has 7 heteroatoms. The highest BCUT2D eigenvalue weighted by molar-refractivity contribution is 7.89. The van der Waals surface area contributed by atoms with Gasteiger partial charge in [-0.2, -0.15) is 0 Å². The van der Waals surface area contributed by atoms with Gasteiger partial charge in [-0.1, -0.05) is 63.1 Å². The number of hydrogen-bond donors (Lipinski definition) is 2. The monoisotopic (exact) mass is 485 g/mol. The van der Waals surface area contributed by atoms with Crippen LogP contribution in [0.4, 0.5) is 0 Å². The molecule has 6 nitrogen and oxygen atoms in total. The molecule has 1 atom stereocenters. The fourth-order valence-electron chi connectivity index (χ4n) is 5.79. The molecule has 0 radical (unpaired) electrons. The molecule has 3 N–H and O–H groups in total. The molecule has 1 unspecified atom stereocenters. The number of hydrogen-bond acceptors (Lipinski definition) is 5. The van der Waals surface area contributed by atoms with Gasteiger partial charge in [-0.05, 0) is 61.6 Å². The number of ether oxygens (including phenoxy) is 1. The Bertz CT molecular complexity index is 1150. The van der Waals surface area contributed by atoms with Crippen molar-refractivity contribution in [3.8, 4) is 0 Å². The molecule has 0 amide bonds. The highest BCUT2D eigenvalue weighted by Crippen LogP contribution is 2.50. The predicted molar refractivity (Wildman–Crippen MR) is 132 cm³/mol. The first-order valence-corrected chi connectivity index (χ1v) is 13.9. The van der Waals surface area contributed by atoms with Gasteiger partial charge in [-0.3, -0.25) is 0 Å². The summed E-state index contributed by atoms with van der Waals surface area (Å²) < 4.78 is 31.6. The molecule has 3 aliphatic rings. The lowest BCUT2D eigenvalue weighted by Gasteiger charge is -2.43. The number of rotatable bonds is 9. The van der Waals surface area contributed by atoms with Gasteiger partial charge >= 0.3 is 5.97 Å². The van der Waals surface area contributed by atoms with Crippen molar-refractivity contribution in [2.75, 3.05) is 0 Å². The van der Waals surface area contributed by atoms with Crippen LogP contribution in [0.25, 0.3) is 0 Å². The largest absolute Gasteiger partial charge is 0.512 e. The summed E-state index contributed by atoms with van der Waals surface area (Å²) in [5.41, 5.74) is -0.444. The molecule has 0 saturated heterocycles. The molecule has 1 aromatic rings. The number of sulfonamides is 1. The van der Waals surface area contributed by atoms with Gasteiger partial charge in [0.05, 0.1) is 15.9 Å². The second kappa shape index (κ2) is 9.34. The quantitative estimate of drug-likeness (QED) is 0.471. The average molecular weight is 486 g/mol. The number of benzene rings is 1. The third-order valence-electron chi connectivity index (χ3n) is 7.29. The molecule has 0 bridgehead atoms. The summed E-state index contributed by atoms with van der Waals surface area (Å²) in [5, 5.41) is 17.1. The van der Waals surface area contributed by atoms with Crippen LogP contribution in [0, 0.1) is 5.92 Å². The molecule has 1 fully saturated rings. The standard InChI is InChI=1S/C27H35NO5S/c1-3-13-26(14-4-2)18-21(29)24(25(30)33-26)27(15-6-5-7-16-27)23-20(17-19-11-12-19)9-8-10-22(23)34(28,31)32/h5-10,15,19,29H,3-4,11-14,16-18H2,1-2H3,(H2,28,31,32). The van der Waals surface area contributed by atoms with Crippen LogP contribution >= 0.6 is 0 Å². The maximum atomic E-state index is 13.7. The van der Waals surface area contributed by atoms with Crippen LogP contribution in [0.1, 0.15) is 76.3 Å². The zero-order chi connectivity index (χ0) is 24.6. The maximum Gasteiger partial charge on any atom is 0.339 e. The molecular formula is C27H35NO5S. The Morgan fingerprint density at radius 3 is 2.38 bits per heavy atom. The molecule has 34 heavy (non-hydrogen) atoms. The van der Waals surface area contributed by atoms with Crippen LogP contribution < -0.4 is 5.14 Å². The van der Waals surface area contributed by atoms with Crippen molar-refractivity contribution in [1.29, 1.82) is 0 Å².